The molecule has 0 aliphatic rings. The number of hydrogen-bond acceptors (Lipinski definition) is 3. The molecule has 1 aromatic carbocycles. The van der Waals surface area contributed by atoms with Gasteiger partial charge in [0.25, 0.3) is 0 Å². The Morgan fingerprint density at radius 2 is 1.94 bits per heavy atom. The standard InChI is InChI=1S/C13H20N2O2/c1-13(2,9-15-12(16)8-14)10-4-6-11(17-3)7-5-10/h4-7H,8-9,14H2,1-3H3,(H,15,16). The summed E-state index contributed by atoms with van der Waals surface area (Å²) in [4.78, 5) is 11.1. The second-order valence-corrected chi connectivity index (χ2v) is 4.59. The minimum atomic E-state index is -0.133. The summed E-state index contributed by atoms with van der Waals surface area (Å²) in [6.07, 6.45) is 0. The average molecular weight is 236 g/mol. The molecular formula is C13H20N2O2. The zero-order valence-electron chi connectivity index (χ0n) is 10.6. The van der Waals surface area contributed by atoms with Crippen LogP contribution in [0.2, 0.25) is 0 Å². The molecule has 0 atom stereocenters. The van der Waals surface area contributed by atoms with Gasteiger partial charge in [-0.15, -0.1) is 0 Å². The summed E-state index contributed by atoms with van der Waals surface area (Å²) >= 11 is 0. The predicted octanol–water partition coefficient (Wildman–Crippen LogP) is 1.05. The fraction of sp³-hybridized carbons (Fsp3) is 0.462. The van der Waals surface area contributed by atoms with E-state index in [-0.39, 0.29) is 17.9 Å². The van der Waals surface area contributed by atoms with Gasteiger partial charge in [0.1, 0.15) is 5.75 Å². The van der Waals surface area contributed by atoms with Crippen LogP contribution in [0.4, 0.5) is 0 Å². The van der Waals surface area contributed by atoms with Gasteiger partial charge < -0.3 is 15.8 Å². The lowest BCUT2D eigenvalue weighted by Gasteiger charge is -2.25. The van der Waals surface area contributed by atoms with Crippen molar-refractivity contribution < 1.29 is 9.53 Å². The van der Waals surface area contributed by atoms with Crippen molar-refractivity contribution in [2.75, 3.05) is 20.2 Å². The average Bonchev–Trinajstić information content (AvgIpc) is 2.36. The summed E-state index contributed by atoms with van der Waals surface area (Å²) in [6, 6.07) is 7.85. The highest BCUT2D eigenvalue weighted by atomic mass is 16.5. The number of benzene rings is 1. The van der Waals surface area contributed by atoms with E-state index >= 15 is 0 Å². The first-order valence-electron chi connectivity index (χ1n) is 5.61. The van der Waals surface area contributed by atoms with Crippen LogP contribution in [0.5, 0.6) is 5.75 Å². The van der Waals surface area contributed by atoms with Gasteiger partial charge in [-0.05, 0) is 17.7 Å². The van der Waals surface area contributed by atoms with Crippen LogP contribution >= 0.6 is 0 Å². The Kier molecular flexibility index (Phi) is 4.52. The molecule has 1 rings (SSSR count). The molecule has 0 saturated heterocycles. The number of amides is 1. The first-order valence-corrected chi connectivity index (χ1v) is 5.61. The Morgan fingerprint density at radius 3 is 2.41 bits per heavy atom. The van der Waals surface area contributed by atoms with Gasteiger partial charge in [0.15, 0.2) is 0 Å². The molecule has 3 N–H and O–H groups in total. The van der Waals surface area contributed by atoms with Crippen LogP contribution in [0.15, 0.2) is 24.3 Å². The van der Waals surface area contributed by atoms with Gasteiger partial charge in [-0.3, -0.25) is 4.79 Å². The lowest BCUT2D eigenvalue weighted by molar-refractivity contribution is -0.119. The van der Waals surface area contributed by atoms with E-state index in [0.29, 0.717) is 6.54 Å². The Labute approximate surface area is 102 Å². The number of ether oxygens (including phenoxy) is 1. The second-order valence-electron chi connectivity index (χ2n) is 4.59. The lowest BCUT2D eigenvalue weighted by atomic mass is 9.84. The number of carbonyl (C=O) groups is 1. The van der Waals surface area contributed by atoms with Crippen molar-refractivity contribution in [2.45, 2.75) is 19.3 Å². The van der Waals surface area contributed by atoms with E-state index in [9.17, 15) is 4.79 Å². The van der Waals surface area contributed by atoms with Crippen molar-refractivity contribution in [3.63, 3.8) is 0 Å². The first kappa shape index (κ1) is 13.5. The maximum atomic E-state index is 11.1. The first-order chi connectivity index (χ1) is 7.99. The van der Waals surface area contributed by atoms with Crippen LogP contribution in [0.1, 0.15) is 19.4 Å². The van der Waals surface area contributed by atoms with Gasteiger partial charge in [-0.25, -0.2) is 0 Å². The van der Waals surface area contributed by atoms with Crippen molar-refractivity contribution in [2.24, 2.45) is 5.73 Å². The van der Waals surface area contributed by atoms with E-state index in [1.165, 1.54) is 0 Å². The molecule has 0 aromatic heterocycles. The van der Waals surface area contributed by atoms with Gasteiger partial charge in [0.2, 0.25) is 5.91 Å². The number of rotatable bonds is 5. The molecule has 1 amide bonds. The molecule has 0 radical (unpaired) electrons. The molecule has 94 valence electrons. The Bertz CT molecular complexity index is 372. The summed E-state index contributed by atoms with van der Waals surface area (Å²) in [7, 11) is 1.64. The van der Waals surface area contributed by atoms with Crippen LogP contribution in [0, 0.1) is 0 Å². The molecule has 1 aromatic rings. The molecule has 0 aliphatic carbocycles. The van der Waals surface area contributed by atoms with E-state index < -0.39 is 0 Å². The quantitative estimate of drug-likeness (QED) is 0.803. The molecule has 0 unspecified atom stereocenters. The SMILES string of the molecule is COc1ccc(C(C)(C)CNC(=O)CN)cc1. The van der Waals surface area contributed by atoms with Crippen LogP contribution in [0.3, 0.4) is 0 Å². The molecule has 0 spiro atoms. The van der Waals surface area contributed by atoms with Crippen molar-refractivity contribution in [3.05, 3.63) is 29.8 Å². The van der Waals surface area contributed by atoms with Crippen molar-refractivity contribution >= 4 is 5.91 Å². The second kappa shape index (κ2) is 5.68. The topological polar surface area (TPSA) is 64.3 Å². The Balaban J connectivity index is 2.70. The molecule has 0 heterocycles. The summed E-state index contributed by atoms with van der Waals surface area (Å²) < 4.78 is 5.11. The highest BCUT2D eigenvalue weighted by Gasteiger charge is 2.21. The smallest absolute Gasteiger partial charge is 0.233 e. The summed E-state index contributed by atoms with van der Waals surface area (Å²) in [5.41, 5.74) is 6.27. The molecular weight excluding hydrogens is 216 g/mol. The molecule has 17 heavy (non-hydrogen) atoms. The normalized spacial score (nSPS) is 11.1. The van der Waals surface area contributed by atoms with E-state index in [0.717, 1.165) is 11.3 Å². The molecule has 0 fully saturated rings. The highest BCUT2D eigenvalue weighted by Crippen LogP contribution is 2.24. The number of methoxy groups -OCH3 is 1. The zero-order chi connectivity index (χ0) is 12.9. The molecule has 0 saturated carbocycles. The third-order valence-corrected chi connectivity index (χ3v) is 2.78. The number of carbonyl (C=O) groups excluding carboxylic acids is 1. The van der Waals surface area contributed by atoms with Gasteiger partial charge >= 0.3 is 0 Å². The van der Waals surface area contributed by atoms with E-state index in [4.69, 9.17) is 10.5 Å². The van der Waals surface area contributed by atoms with Gasteiger partial charge in [0.05, 0.1) is 13.7 Å². The Hall–Kier alpha value is -1.55. The monoisotopic (exact) mass is 236 g/mol. The highest BCUT2D eigenvalue weighted by molar-refractivity contribution is 5.77. The van der Waals surface area contributed by atoms with Gasteiger partial charge in [-0.2, -0.15) is 0 Å². The maximum Gasteiger partial charge on any atom is 0.233 e. The molecule has 4 heteroatoms. The van der Waals surface area contributed by atoms with E-state index in [1.807, 2.05) is 24.3 Å². The minimum absolute atomic E-state index is 0.0265. The summed E-state index contributed by atoms with van der Waals surface area (Å²) in [5, 5.41) is 2.80. The van der Waals surface area contributed by atoms with E-state index in [2.05, 4.69) is 19.2 Å². The number of nitrogens with one attached hydrogen (secondary N) is 1. The Morgan fingerprint density at radius 1 is 1.35 bits per heavy atom. The van der Waals surface area contributed by atoms with Gasteiger partial charge in [0, 0.05) is 12.0 Å². The van der Waals surface area contributed by atoms with E-state index in [1.54, 1.807) is 7.11 Å². The summed E-state index contributed by atoms with van der Waals surface area (Å²) in [6.45, 7) is 4.74. The number of hydrogen-bond donors (Lipinski definition) is 2. The molecule has 0 bridgehead atoms. The molecule has 0 aliphatic heterocycles. The third-order valence-electron chi connectivity index (χ3n) is 2.78. The van der Waals surface area contributed by atoms with Crippen molar-refractivity contribution in [3.8, 4) is 5.75 Å². The maximum absolute atomic E-state index is 11.1. The van der Waals surface area contributed by atoms with Crippen LogP contribution in [0.25, 0.3) is 0 Å². The number of nitrogens with two attached hydrogens (primary N) is 1. The van der Waals surface area contributed by atoms with Gasteiger partial charge in [-0.1, -0.05) is 26.0 Å². The van der Waals surface area contributed by atoms with Crippen LogP contribution < -0.4 is 15.8 Å². The van der Waals surface area contributed by atoms with Crippen molar-refractivity contribution in [1.29, 1.82) is 0 Å². The van der Waals surface area contributed by atoms with Crippen LogP contribution in [-0.4, -0.2) is 26.1 Å². The van der Waals surface area contributed by atoms with Crippen molar-refractivity contribution in [1.82, 2.24) is 5.32 Å². The zero-order valence-corrected chi connectivity index (χ0v) is 10.6. The lowest BCUT2D eigenvalue weighted by Crippen LogP contribution is -2.39. The predicted molar refractivity (Wildman–Crippen MR) is 68.1 cm³/mol. The third kappa shape index (κ3) is 3.75. The fourth-order valence-electron chi connectivity index (χ4n) is 1.54. The largest absolute Gasteiger partial charge is 0.497 e. The molecule has 4 nitrogen and oxygen atoms in total. The fourth-order valence-corrected chi connectivity index (χ4v) is 1.54. The summed E-state index contributed by atoms with van der Waals surface area (Å²) in [5.74, 6) is 0.696. The van der Waals surface area contributed by atoms with Crippen LogP contribution in [-0.2, 0) is 10.2 Å². The minimum Gasteiger partial charge on any atom is -0.497 e.